The summed E-state index contributed by atoms with van der Waals surface area (Å²) < 4.78 is 0. The van der Waals surface area contributed by atoms with Crippen molar-refractivity contribution in [3.8, 4) is 0 Å². The zero-order valence-corrected chi connectivity index (χ0v) is 18.5. The van der Waals surface area contributed by atoms with E-state index in [1.165, 1.54) is 4.90 Å². The lowest BCUT2D eigenvalue weighted by atomic mass is 9.79. The number of benzene rings is 2. The molecule has 0 radical (unpaired) electrons. The van der Waals surface area contributed by atoms with E-state index in [1.807, 2.05) is 36.4 Å². The lowest BCUT2D eigenvalue weighted by Crippen LogP contribution is -2.52. The van der Waals surface area contributed by atoms with Crippen LogP contribution >= 0.6 is 0 Å². The van der Waals surface area contributed by atoms with Crippen molar-refractivity contribution in [3.05, 3.63) is 77.0 Å². The minimum atomic E-state index is -0.863. The molecule has 2 heterocycles. The van der Waals surface area contributed by atoms with E-state index < -0.39 is 18.1 Å². The number of amides is 3. The minimum absolute atomic E-state index is 0.00915. The number of hydrogen-bond donors (Lipinski definition) is 3. The Morgan fingerprint density at radius 3 is 2.59 bits per heavy atom. The Labute approximate surface area is 196 Å². The molecule has 3 amide bonds. The van der Waals surface area contributed by atoms with Crippen LogP contribution in [0.4, 0.5) is 5.69 Å². The Morgan fingerprint density at radius 1 is 1.06 bits per heavy atom. The summed E-state index contributed by atoms with van der Waals surface area (Å²) in [4.78, 5) is 50.7. The molecule has 3 unspecified atom stereocenters. The predicted molar refractivity (Wildman–Crippen MR) is 124 cm³/mol. The number of nitrogens with zero attached hydrogens (tertiary/aromatic N) is 1. The normalized spacial score (nSPS) is 26.0. The first-order valence-electron chi connectivity index (χ1n) is 11.4. The number of aliphatic hydroxyl groups is 1. The number of anilines is 1. The van der Waals surface area contributed by atoms with Crippen LogP contribution in [0.3, 0.4) is 0 Å². The fourth-order valence-electron chi connectivity index (χ4n) is 4.99. The van der Waals surface area contributed by atoms with Gasteiger partial charge in [-0.2, -0.15) is 0 Å². The third-order valence-electron chi connectivity index (χ3n) is 6.81. The van der Waals surface area contributed by atoms with Gasteiger partial charge in [-0.1, -0.05) is 30.3 Å². The van der Waals surface area contributed by atoms with Gasteiger partial charge in [0.25, 0.3) is 5.91 Å². The molecule has 0 aromatic heterocycles. The van der Waals surface area contributed by atoms with E-state index in [-0.39, 0.29) is 36.5 Å². The van der Waals surface area contributed by atoms with Crippen molar-refractivity contribution in [1.82, 2.24) is 10.2 Å². The van der Waals surface area contributed by atoms with Crippen LogP contribution in [0, 0.1) is 0 Å². The summed E-state index contributed by atoms with van der Waals surface area (Å²) in [5.41, 5.74) is 3.34. The van der Waals surface area contributed by atoms with Crippen LogP contribution in [0.1, 0.15) is 53.1 Å². The number of Topliss-reactive ketones (excluding diaryl/α,β-unsaturated/α-hetero) is 1. The van der Waals surface area contributed by atoms with Crippen LogP contribution < -0.4 is 10.6 Å². The Bertz CT molecular complexity index is 1210. The molecule has 3 atom stereocenters. The Kier molecular flexibility index (Phi) is 5.75. The fourth-order valence-corrected chi connectivity index (χ4v) is 4.99. The monoisotopic (exact) mass is 459 g/mol. The third kappa shape index (κ3) is 4.12. The quantitative estimate of drug-likeness (QED) is 0.477. The number of carbonyl (C=O) groups is 4. The average Bonchev–Trinajstić information content (AvgIpc) is 3.14. The Hall–Kier alpha value is -3.78. The standard InChI is InChI=1S/C26H25N3O5/c30-22-11-16(15-4-2-1-3-5-15)12-23(31)20(22)13-27-18-6-7-19-17(10-18)14-29(26(19)34)21-8-9-24(32)28-25(21)33/h1-7,10,13,16,21-22,27,30H,8-9,11-12,14H2,(H,28,32,33)/b20-13-. The van der Waals surface area contributed by atoms with Crippen LogP contribution in [-0.4, -0.2) is 45.7 Å². The lowest BCUT2D eigenvalue weighted by molar-refractivity contribution is -0.137. The SMILES string of the molecule is O=C1CCC(N2Cc3cc(N/C=C4\C(=O)CC(c5ccccc5)CC4O)ccc3C2=O)C(=O)N1. The van der Waals surface area contributed by atoms with Crippen molar-refractivity contribution in [2.24, 2.45) is 0 Å². The molecule has 3 aliphatic rings. The molecular weight excluding hydrogens is 434 g/mol. The highest BCUT2D eigenvalue weighted by molar-refractivity contribution is 6.05. The molecule has 174 valence electrons. The third-order valence-corrected chi connectivity index (χ3v) is 6.81. The molecule has 2 aliphatic heterocycles. The average molecular weight is 460 g/mol. The summed E-state index contributed by atoms with van der Waals surface area (Å²) in [5, 5.41) is 16.0. The van der Waals surface area contributed by atoms with Gasteiger partial charge in [0.1, 0.15) is 6.04 Å². The van der Waals surface area contributed by atoms with E-state index in [9.17, 15) is 24.3 Å². The number of aliphatic hydroxyl groups excluding tert-OH is 1. The summed E-state index contributed by atoms with van der Waals surface area (Å²) in [5.74, 6) is -1.11. The first kappa shape index (κ1) is 22.0. The van der Waals surface area contributed by atoms with E-state index >= 15 is 0 Å². The molecule has 1 saturated carbocycles. The summed E-state index contributed by atoms with van der Waals surface area (Å²) in [7, 11) is 0. The summed E-state index contributed by atoms with van der Waals surface area (Å²) in [6.07, 6.45) is 2.02. The molecule has 1 aliphatic carbocycles. The second kappa shape index (κ2) is 8.87. The van der Waals surface area contributed by atoms with Crippen LogP contribution in [-0.2, 0) is 20.9 Å². The van der Waals surface area contributed by atoms with Crippen molar-refractivity contribution >= 4 is 29.2 Å². The van der Waals surface area contributed by atoms with Gasteiger partial charge < -0.3 is 15.3 Å². The number of imide groups is 1. The van der Waals surface area contributed by atoms with Gasteiger partial charge in [-0.05, 0) is 48.1 Å². The molecule has 2 aromatic carbocycles. The van der Waals surface area contributed by atoms with Crippen LogP contribution in [0.15, 0.2) is 60.3 Å². The largest absolute Gasteiger partial charge is 0.388 e. The van der Waals surface area contributed by atoms with Crippen molar-refractivity contribution in [2.75, 3.05) is 5.32 Å². The molecule has 3 N–H and O–H groups in total. The highest BCUT2D eigenvalue weighted by atomic mass is 16.3. The van der Waals surface area contributed by atoms with Crippen LogP contribution in [0.5, 0.6) is 0 Å². The van der Waals surface area contributed by atoms with E-state index in [0.29, 0.717) is 36.1 Å². The maximum atomic E-state index is 12.8. The maximum absolute atomic E-state index is 12.8. The Morgan fingerprint density at radius 2 is 1.85 bits per heavy atom. The van der Waals surface area contributed by atoms with Gasteiger partial charge in [-0.15, -0.1) is 0 Å². The smallest absolute Gasteiger partial charge is 0.255 e. The molecule has 1 saturated heterocycles. The lowest BCUT2D eigenvalue weighted by Gasteiger charge is -2.29. The fraction of sp³-hybridized carbons (Fsp3) is 0.308. The molecule has 0 bridgehead atoms. The highest BCUT2D eigenvalue weighted by Gasteiger charge is 2.39. The predicted octanol–water partition coefficient (Wildman–Crippen LogP) is 2.25. The van der Waals surface area contributed by atoms with Crippen LogP contribution in [0.25, 0.3) is 0 Å². The second-order valence-corrected chi connectivity index (χ2v) is 9.00. The number of ketones is 1. The van der Waals surface area contributed by atoms with Crippen LogP contribution in [0.2, 0.25) is 0 Å². The molecule has 2 aromatic rings. The summed E-state index contributed by atoms with van der Waals surface area (Å²) >= 11 is 0. The van der Waals surface area contributed by atoms with Gasteiger partial charge in [0.05, 0.1) is 6.10 Å². The van der Waals surface area contributed by atoms with E-state index in [0.717, 1.165) is 11.1 Å². The summed E-state index contributed by atoms with van der Waals surface area (Å²) in [6.45, 7) is 0.271. The second-order valence-electron chi connectivity index (χ2n) is 9.00. The summed E-state index contributed by atoms with van der Waals surface area (Å²) in [6, 6.07) is 14.3. The highest BCUT2D eigenvalue weighted by Crippen LogP contribution is 2.34. The molecule has 8 heteroatoms. The van der Waals surface area contributed by atoms with Gasteiger partial charge in [0.15, 0.2) is 5.78 Å². The van der Waals surface area contributed by atoms with E-state index in [1.54, 1.807) is 18.3 Å². The molecule has 5 rings (SSSR count). The van der Waals surface area contributed by atoms with Gasteiger partial charge in [-0.25, -0.2) is 0 Å². The molecule has 0 spiro atoms. The van der Waals surface area contributed by atoms with Gasteiger partial charge in [-0.3, -0.25) is 24.5 Å². The topological polar surface area (TPSA) is 116 Å². The van der Waals surface area contributed by atoms with Crippen molar-refractivity contribution in [1.29, 1.82) is 0 Å². The zero-order valence-electron chi connectivity index (χ0n) is 18.5. The van der Waals surface area contributed by atoms with Gasteiger partial charge >= 0.3 is 0 Å². The van der Waals surface area contributed by atoms with Crippen molar-refractivity contribution in [2.45, 2.75) is 50.3 Å². The number of fused-ring (bicyclic) bond motifs is 1. The molecule has 34 heavy (non-hydrogen) atoms. The number of carbonyl (C=O) groups excluding carboxylic acids is 4. The Balaban J connectivity index is 1.27. The van der Waals surface area contributed by atoms with E-state index in [2.05, 4.69) is 10.6 Å². The first-order chi connectivity index (χ1) is 16.4. The number of piperidine rings is 1. The van der Waals surface area contributed by atoms with Gasteiger partial charge in [0, 0.05) is 42.4 Å². The number of nitrogens with one attached hydrogen (secondary N) is 2. The maximum Gasteiger partial charge on any atom is 0.255 e. The number of hydrogen-bond acceptors (Lipinski definition) is 6. The van der Waals surface area contributed by atoms with Crippen molar-refractivity contribution in [3.63, 3.8) is 0 Å². The van der Waals surface area contributed by atoms with Gasteiger partial charge in [0.2, 0.25) is 11.8 Å². The van der Waals surface area contributed by atoms with Crippen molar-refractivity contribution < 1.29 is 24.3 Å². The molecular formula is C26H25N3O5. The first-order valence-corrected chi connectivity index (χ1v) is 11.4. The number of rotatable bonds is 4. The molecule has 2 fully saturated rings. The zero-order chi connectivity index (χ0) is 23.8. The molecule has 8 nitrogen and oxygen atoms in total. The van der Waals surface area contributed by atoms with E-state index in [4.69, 9.17) is 0 Å². The minimum Gasteiger partial charge on any atom is -0.388 e.